The molecule has 0 radical (unpaired) electrons. The van der Waals surface area contributed by atoms with Crippen molar-refractivity contribution in [3.63, 3.8) is 0 Å². The van der Waals surface area contributed by atoms with Gasteiger partial charge in [0.25, 0.3) is 11.8 Å². The Kier molecular flexibility index (Phi) is 7.60. The Morgan fingerprint density at radius 2 is 1.85 bits per heavy atom. The van der Waals surface area contributed by atoms with Crippen molar-refractivity contribution in [1.29, 1.82) is 0 Å². The van der Waals surface area contributed by atoms with Gasteiger partial charge in [-0.25, -0.2) is 0 Å². The highest BCUT2D eigenvalue weighted by Crippen LogP contribution is 2.17. The molecule has 8 nitrogen and oxygen atoms in total. The molecule has 27 heavy (non-hydrogen) atoms. The van der Waals surface area contributed by atoms with Crippen molar-refractivity contribution in [1.82, 2.24) is 10.2 Å². The number of hydrogen-bond acceptors (Lipinski definition) is 6. The highest BCUT2D eigenvalue weighted by molar-refractivity contribution is 5.98. The van der Waals surface area contributed by atoms with Gasteiger partial charge in [-0.05, 0) is 32.9 Å². The Hall–Kier alpha value is -2.61. The molecule has 2 amide bonds. The van der Waals surface area contributed by atoms with E-state index >= 15 is 0 Å². The van der Waals surface area contributed by atoms with Gasteiger partial charge in [0.15, 0.2) is 6.61 Å². The molecule has 2 atom stereocenters. The molecule has 1 N–H and O–H groups in total. The zero-order chi connectivity index (χ0) is 19.8. The third kappa shape index (κ3) is 6.25. The minimum absolute atomic E-state index is 0.0573. The molecule has 0 aliphatic carbocycles. The molecule has 0 bridgehead atoms. The molecule has 0 unspecified atom stereocenters. The maximum Gasteiger partial charge on any atom is 0.325 e. The fraction of sp³-hybridized carbons (Fsp3) is 0.526. The van der Waals surface area contributed by atoms with E-state index < -0.39 is 11.9 Å². The minimum atomic E-state index is -0.681. The molecule has 0 saturated carbocycles. The summed E-state index contributed by atoms with van der Waals surface area (Å²) < 4.78 is 15.9. The van der Waals surface area contributed by atoms with Gasteiger partial charge in [0.05, 0.1) is 24.4 Å². The lowest BCUT2D eigenvalue weighted by molar-refractivity contribution is -0.156. The number of amides is 2. The average Bonchev–Trinajstić information content (AvgIpc) is 2.64. The first-order chi connectivity index (χ1) is 12.9. The number of para-hydroxylation sites is 1. The molecule has 1 fully saturated rings. The van der Waals surface area contributed by atoms with E-state index in [0.717, 1.165) is 0 Å². The lowest BCUT2D eigenvalue weighted by Crippen LogP contribution is -2.49. The van der Waals surface area contributed by atoms with Gasteiger partial charge in [-0.1, -0.05) is 12.1 Å². The highest BCUT2D eigenvalue weighted by atomic mass is 16.5. The third-order valence-electron chi connectivity index (χ3n) is 3.95. The summed E-state index contributed by atoms with van der Waals surface area (Å²) in [5.74, 6) is -0.965. The summed E-state index contributed by atoms with van der Waals surface area (Å²) in [6, 6.07) is 6.75. The molecule has 148 valence electrons. The number of nitrogens with one attached hydrogen (secondary N) is 1. The molecule has 0 aromatic heterocycles. The van der Waals surface area contributed by atoms with E-state index in [1.807, 2.05) is 20.8 Å². The Balaban J connectivity index is 1.77. The topological polar surface area (TPSA) is 94.2 Å². The number of ether oxygens (including phenoxy) is 3. The largest absolute Gasteiger partial charge is 0.493 e. The zero-order valence-corrected chi connectivity index (χ0v) is 15.9. The summed E-state index contributed by atoms with van der Waals surface area (Å²) >= 11 is 0. The van der Waals surface area contributed by atoms with Crippen LogP contribution in [0.5, 0.6) is 5.75 Å². The van der Waals surface area contributed by atoms with Crippen molar-refractivity contribution < 1.29 is 28.6 Å². The van der Waals surface area contributed by atoms with Crippen LogP contribution in [0, 0.1) is 0 Å². The molecule has 0 spiro atoms. The van der Waals surface area contributed by atoms with Crippen LogP contribution >= 0.6 is 0 Å². The van der Waals surface area contributed by atoms with E-state index in [0.29, 0.717) is 31.0 Å². The number of rotatable bonds is 7. The first-order valence-corrected chi connectivity index (χ1v) is 8.99. The molecule has 1 aliphatic heterocycles. The van der Waals surface area contributed by atoms with Gasteiger partial charge in [-0.15, -0.1) is 0 Å². The Bertz CT molecular complexity index is 668. The maximum atomic E-state index is 12.2. The van der Waals surface area contributed by atoms with Gasteiger partial charge in [0, 0.05) is 13.1 Å². The van der Waals surface area contributed by atoms with Crippen molar-refractivity contribution in [2.24, 2.45) is 0 Å². The van der Waals surface area contributed by atoms with E-state index in [9.17, 15) is 14.4 Å². The van der Waals surface area contributed by atoms with Crippen molar-refractivity contribution in [3.05, 3.63) is 29.8 Å². The molecule has 1 saturated heterocycles. The monoisotopic (exact) mass is 378 g/mol. The highest BCUT2D eigenvalue weighted by Gasteiger charge is 2.26. The van der Waals surface area contributed by atoms with Gasteiger partial charge in [0.2, 0.25) is 0 Å². The Morgan fingerprint density at radius 1 is 1.19 bits per heavy atom. The van der Waals surface area contributed by atoms with E-state index in [4.69, 9.17) is 14.2 Å². The van der Waals surface area contributed by atoms with Crippen LogP contribution in [0.15, 0.2) is 24.3 Å². The lowest BCUT2D eigenvalue weighted by Gasteiger charge is -2.35. The predicted molar refractivity (Wildman–Crippen MR) is 97.5 cm³/mol. The molecule has 1 heterocycles. The third-order valence-corrected chi connectivity index (χ3v) is 3.95. The number of carbonyl (C=O) groups excluding carboxylic acids is 3. The van der Waals surface area contributed by atoms with Crippen molar-refractivity contribution >= 4 is 17.8 Å². The van der Waals surface area contributed by atoms with Gasteiger partial charge in [-0.2, -0.15) is 0 Å². The number of hydrogen-bond donors (Lipinski definition) is 1. The van der Waals surface area contributed by atoms with Gasteiger partial charge in [-0.3, -0.25) is 14.4 Å². The van der Waals surface area contributed by atoms with E-state index in [1.165, 1.54) is 0 Å². The van der Waals surface area contributed by atoms with E-state index in [1.54, 1.807) is 29.2 Å². The van der Waals surface area contributed by atoms with Crippen LogP contribution in [0.4, 0.5) is 0 Å². The van der Waals surface area contributed by atoms with Crippen LogP contribution in [-0.2, 0) is 19.1 Å². The summed E-state index contributed by atoms with van der Waals surface area (Å²) in [7, 11) is 0. The van der Waals surface area contributed by atoms with Crippen molar-refractivity contribution in [3.8, 4) is 5.75 Å². The Morgan fingerprint density at radius 3 is 2.52 bits per heavy atom. The Labute approximate surface area is 158 Å². The second-order valence-corrected chi connectivity index (χ2v) is 6.33. The van der Waals surface area contributed by atoms with Crippen LogP contribution in [0.3, 0.4) is 0 Å². The number of benzene rings is 1. The van der Waals surface area contributed by atoms with Crippen molar-refractivity contribution in [2.75, 3.05) is 32.8 Å². The SMILES string of the molecule is CCOc1ccccc1C(=O)NCC(=O)OCC(=O)N1C[C@H](C)O[C@@H](C)C1. The molecule has 1 aromatic rings. The quantitative estimate of drug-likeness (QED) is 0.711. The lowest BCUT2D eigenvalue weighted by atomic mass is 10.2. The fourth-order valence-corrected chi connectivity index (χ4v) is 2.85. The van der Waals surface area contributed by atoms with Crippen LogP contribution < -0.4 is 10.1 Å². The molecule has 8 heteroatoms. The van der Waals surface area contributed by atoms with Crippen LogP contribution in [0.2, 0.25) is 0 Å². The van der Waals surface area contributed by atoms with Crippen LogP contribution in [-0.4, -0.2) is 67.7 Å². The second-order valence-electron chi connectivity index (χ2n) is 6.33. The van der Waals surface area contributed by atoms with Crippen LogP contribution in [0.25, 0.3) is 0 Å². The standard InChI is InChI=1S/C19H26N2O6/c1-4-25-16-8-6-5-7-15(16)19(24)20-9-18(23)26-12-17(22)21-10-13(2)27-14(3)11-21/h5-8,13-14H,4,9-12H2,1-3H3,(H,20,24)/t13-,14-/m0/s1. The normalized spacial score (nSPS) is 19.3. The van der Waals surface area contributed by atoms with Crippen LogP contribution in [0.1, 0.15) is 31.1 Å². The van der Waals surface area contributed by atoms with Gasteiger partial charge in [0.1, 0.15) is 12.3 Å². The zero-order valence-electron chi connectivity index (χ0n) is 15.9. The maximum absolute atomic E-state index is 12.2. The molecular weight excluding hydrogens is 352 g/mol. The number of esters is 1. The molecule has 1 aliphatic rings. The summed E-state index contributed by atoms with van der Waals surface area (Å²) in [6.45, 7) is 6.25. The first-order valence-electron chi connectivity index (χ1n) is 8.99. The second kappa shape index (κ2) is 9.91. The first kappa shape index (κ1) is 20.7. The van der Waals surface area contributed by atoms with E-state index in [-0.39, 0.29) is 31.3 Å². The van der Waals surface area contributed by atoms with Gasteiger partial charge >= 0.3 is 5.97 Å². The molecular formula is C19H26N2O6. The summed E-state index contributed by atoms with van der Waals surface area (Å²) in [4.78, 5) is 37.8. The van der Waals surface area contributed by atoms with Crippen molar-refractivity contribution in [2.45, 2.75) is 33.0 Å². The summed E-state index contributed by atoms with van der Waals surface area (Å²) in [5, 5.41) is 2.48. The van der Waals surface area contributed by atoms with E-state index in [2.05, 4.69) is 5.32 Å². The number of morpholine rings is 1. The number of carbonyl (C=O) groups is 3. The number of nitrogens with zero attached hydrogens (tertiary/aromatic N) is 1. The minimum Gasteiger partial charge on any atom is -0.493 e. The predicted octanol–water partition coefficient (Wildman–Crippen LogP) is 0.994. The summed E-state index contributed by atoms with van der Waals surface area (Å²) in [6.07, 6.45) is -0.115. The fourth-order valence-electron chi connectivity index (χ4n) is 2.85. The van der Waals surface area contributed by atoms with Gasteiger partial charge < -0.3 is 24.4 Å². The molecule has 2 rings (SSSR count). The average molecular weight is 378 g/mol. The smallest absolute Gasteiger partial charge is 0.325 e. The summed E-state index contributed by atoms with van der Waals surface area (Å²) in [5.41, 5.74) is 0.333. The molecule has 1 aromatic carbocycles.